The molecule has 2 amide bonds. The van der Waals surface area contributed by atoms with Gasteiger partial charge in [0.25, 0.3) is 0 Å². The Balaban J connectivity index is 2.47. The van der Waals surface area contributed by atoms with Crippen molar-refractivity contribution >= 4 is 23.6 Å². The van der Waals surface area contributed by atoms with E-state index in [1.165, 1.54) is 18.2 Å². The van der Waals surface area contributed by atoms with Crippen molar-refractivity contribution in [1.29, 1.82) is 0 Å². The first-order valence-corrected chi connectivity index (χ1v) is 6.85. The molecule has 0 saturated carbocycles. The van der Waals surface area contributed by atoms with E-state index in [9.17, 15) is 14.0 Å². The zero-order valence-corrected chi connectivity index (χ0v) is 12.6. The average Bonchev–Trinajstić information content (AvgIpc) is 2.45. The Hall–Kier alpha value is -1.82. The predicted molar refractivity (Wildman–Crippen MR) is 77.7 cm³/mol. The standard InChI is InChI=1S/C14H18ClFN2O3/c1-3-14(2,12(19)20)8-18-13(21)17-7-9-4-5-11(16)10(15)6-9/h4-6H,3,7-8H2,1-2H3,(H,19,20)(H2,17,18,21). The molecule has 0 bridgehead atoms. The minimum Gasteiger partial charge on any atom is -0.481 e. The maximum absolute atomic E-state index is 13.0. The van der Waals surface area contributed by atoms with Crippen LogP contribution in [0, 0.1) is 11.2 Å². The molecular weight excluding hydrogens is 299 g/mol. The third-order valence-corrected chi connectivity index (χ3v) is 3.66. The van der Waals surface area contributed by atoms with E-state index in [0.717, 1.165) is 0 Å². The van der Waals surface area contributed by atoms with Gasteiger partial charge >= 0.3 is 12.0 Å². The number of halogens is 2. The summed E-state index contributed by atoms with van der Waals surface area (Å²) in [6, 6.07) is 3.66. The van der Waals surface area contributed by atoms with Gasteiger partial charge in [-0.05, 0) is 31.0 Å². The molecule has 0 aromatic heterocycles. The van der Waals surface area contributed by atoms with Crippen molar-refractivity contribution in [2.24, 2.45) is 5.41 Å². The van der Waals surface area contributed by atoms with E-state index < -0.39 is 23.2 Å². The van der Waals surface area contributed by atoms with Crippen LogP contribution in [0.15, 0.2) is 18.2 Å². The van der Waals surface area contributed by atoms with Gasteiger partial charge in [-0.15, -0.1) is 0 Å². The first-order chi connectivity index (χ1) is 9.78. The van der Waals surface area contributed by atoms with E-state index in [4.69, 9.17) is 16.7 Å². The van der Waals surface area contributed by atoms with Crippen molar-refractivity contribution < 1.29 is 19.1 Å². The van der Waals surface area contributed by atoms with Gasteiger partial charge in [0, 0.05) is 13.1 Å². The lowest BCUT2D eigenvalue weighted by Gasteiger charge is -2.23. The first-order valence-electron chi connectivity index (χ1n) is 6.47. The molecule has 7 heteroatoms. The zero-order valence-electron chi connectivity index (χ0n) is 11.9. The van der Waals surface area contributed by atoms with Gasteiger partial charge in [-0.3, -0.25) is 4.79 Å². The number of carboxylic acid groups (broad SMARTS) is 1. The smallest absolute Gasteiger partial charge is 0.315 e. The number of carbonyl (C=O) groups is 2. The number of carbonyl (C=O) groups excluding carboxylic acids is 1. The molecule has 1 aromatic rings. The number of hydrogen-bond acceptors (Lipinski definition) is 2. The molecule has 0 spiro atoms. The van der Waals surface area contributed by atoms with E-state index in [0.29, 0.717) is 12.0 Å². The number of rotatable bonds is 6. The van der Waals surface area contributed by atoms with E-state index in [1.54, 1.807) is 13.8 Å². The van der Waals surface area contributed by atoms with Gasteiger partial charge in [-0.25, -0.2) is 9.18 Å². The van der Waals surface area contributed by atoms with Crippen LogP contribution in [0.5, 0.6) is 0 Å². The quantitative estimate of drug-likeness (QED) is 0.755. The summed E-state index contributed by atoms with van der Waals surface area (Å²) in [5, 5.41) is 14.1. The second-order valence-electron chi connectivity index (χ2n) is 5.00. The van der Waals surface area contributed by atoms with Gasteiger partial charge in [0.2, 0.25) is 0 Å². The maximum Gasteiger partial charge on any atom is 0.315 e. The minimum absolute atomic E-state index is 0.0147. The molecule has 1 rings (SSSR count). The summed E-state index contributed by atoms with van der Waals surface area (Å²) in [6.07, 6.45) is 0.399. The number of urea groups is 1. The molecule has 0 aliphatic rings. The number of amides is 2. The SMILES string of the molecule is CCC(C)(CNC(=O)NCc1ccc(F)c(Cl)c1)C(=O)O. The van der Waals surface area contributed by atoms with Crippen LogP contribution in [-0.4, -0.2) is 23.7 Å². The number of benzene rings is 1. The van der Waals surface area contributed by atoms with Crippen molar-refractivity contribution in [3.63, 3.8) is 0 Å². The summed E-state index contributed by atoms with van der Waals surface area (Å²) in [5.74, 6) is -1.49. The highest BCUT2D eigenvalue weighted by molar-refractivity contribution is 6.30. The molecule has 1 atom stereocenters. The number of nitrogens with one attached hydrogen (secondary N) is 2. The summed E-state index contributed by atoms with van der Waals surface area (Å²) in [5.41, 5.74) is -0.357. The monoisotopic (exact) mass is 316 g/mol. The van der Waals surface area contributed by atoms with Crippen LogP contribution >= 0.6 is 11.6 Å². The van der Waals surface area contributed by atoms with E-state index in [-0.39, 0.29) is 18.1 Å². The Kier molecular flexibility index (Phi) is 5.96. The number of hydrogen-bond donors (Lipinski definition) is 3. The summed E-state index contributed by atoms with van der Waals surface area (Å²) in [7, 11) is 0. The molecule has 0 fully saturated rings. The summed E-state index contributed by atoms with van der Waals surface area (Å²) in [6.45, 7) is 3.50. The van der Waals surface area contributed by atoms with Gasteiger partial charge in [0.05, 0.1) is 10.4 Å². The molecule has 5 nitrogen and oxygen atoms in total. The summed E-state index contributed by atoms with van der Waals surface area (Å²) < 4.78 is 13.0. The molecule has 0 heterocycles. The topological polar surface area (TPSA) is 78.4 Å². The lowest BCUT2D eigenvalue weighted by Crippen LogP contribution is -2.44. The van der Waals surface area contributed by atoms with Crippen LogP contribution in [0.25, 0.3) is 0 Å². The predicted octanol–water partition coefficient (Wildman–Crippen LogP) is 2.78. The fourth-order valence-corrected chi connectivity index (χ4v) is 1.72. The molecular formula is C14H18ClFN2O3. The fourth-order valence-electron chi connectivity index (χ4n) is 1.52. The largest absolute Gasteiger partial charge is 0.481 e. The molecule has 1 aromatic carbocycles. The summed E-state index contributed by atoms with van der Waals surface area (Å²) in [4.78, 5) is 22.7. The lowest BCUT2D eigenvalue weighted by molar-refractivity contribution is -0.147. The zero-order chi connectivity index (χ0) is 16.0. The molecule has 0 saturated heterocycles. The highest BCUT2D eigenvalue weighted by Crippen LogP contribution is 2.19. The molecule has 0 radical (unpaired) electrons. The van der Waals surface area contributed by atoms with Gasteiger partial charge in [-0.1, -0.05) is 24.6 Å². The number of carboxylic acids is 1. The Morgan fingerprint density at radius 3 is 2.57 bits per heavy atom. The molecule has 21 heavy (non-hydrogen) atoms. The van der Waals surface area contributed by atoms with Gasteiger partial charge in [0.1, 0.15) is 5.82 Å². The second-order valence-corrected chi connectivity index (χ2v) is 5.41. The third-order valence-electron chi connectivity index (χ3n) is 3.37. The Bertz CT molecular complexity index is 539. The lowest BCUT2D eigenvalue weighted by atomic mass is 9.88. The average molecular weight is 317 g/mol. The van der Waals surface area contributed by atoms with Crippen molar-refractivity contribution in [2.45, 2.75) is 26.8 Å². The molecule has 0 aliphatic heterocycles. The maximum atomic E-state index is 13.0. The van der Waals surface area contributed by atoms with Crippen molar-refractivity contribution in [2.75, 3.05) is 6.54 Å². The molecule has 0 aliphatic carbocycles. The highest BCUT2D eigenvalue weighted by Gasteiger charge is 2.31. The van der Waals surface area contributed by atoms with Crippen LogP contribution in [0.3, 0.4) is 0 Å². The van der Waals surface area contributed by atoms with E-state index in [2.05, 4.69) is 10.6 Å². The minimum atomic E-state index is -1.00. The highest BCUT2D eigenvalue weighted by atomic mass is 35.5. The Labute approximate surface area is 127 Å². The van der Waals surface area contributed by atoms with Gasteiger partial charge in [-0.2, -0.15) is 0 Å². The van der Waals surface area contributed by atoms with E-state index >= 15 is 0 Å². The number of aliphatic carboxylic acids is 1. The van der Waals surface area contributed by atoms with E-state index in [1.807, 2.05) is 0 Å². The van der Waals surface area contributed by atoms with Gasteiger partial charge < -0.3 is 15.7 Å². The normalized spacial score (nSPS) is 13.3. The summed E-state index contributed by atoms with van der Waals surface area (Å²) >= 11 is 5.64. The first kappa shape index (κ1) is 17.2. The van der Waals surface area contributed by atoms with Crippen molar-refractivity contribution in [1.82, 2.24) is 10.6 Å². The van der Waals surface area contributed by atoms with Crippen LogP contribution in [0.1, 0.15) is 25.8 Å². The Morgan fingerprint density at radius 2 is 2.05 bits per heavy atom. The van der Waals surface area contributed by atoms with Gasteiger partial charge in [0.15, 0.2) is 0 Å². The second kappa shape index (κ2) is 7.26. The van der Waals surface area contributed by atoms with Crippen LogP contribution < -0.4 is 10.6 Å². The van der Waals surface area contributed by atoms with Crippen molar-refractivity contribution in [3.05, 3.63) is 34.6 Å². The van der Waals surface area contributed by atoms with Crippen LogP contribution in [0.4, 0.5) is 9.18 Å². The van der Waals surface area contributed by atoms with Crippen LogP contribution in [0.2, 0.25) is 5.02 Å². The Morgan fingerprint density at radius 1 is 1.38 bits per heavy atom. The van der Waals surface area contributed by atoms with Crippen molar-refractivity contribution in [3.8, 4) is 0 Å². The third kappa shape index (κ3) is 4.90. The van der Waals surface area contributed by atoms with Crippen LogP contribution in [-0.2, 0) is 11.3 Å². The molecule has 116 valence electrons. The fraction of sp³-hybridized carbons (Fsp3) is 0.429. The molecule has 3 N–H and O–H groups in total. The molecule has 1 unspecified atom stereocenters.